The Balaban J connectivity index is 3.35. The van der Waals surface area contributed by atoms with E-state index in [2.05, 4.69) is 15.9 Å². The van der Waals surface area contributed by atoms with Crippen LogP contribution in [-0.4, -0.2) is 0 Å². The van der Waals surface area contributed by atoms with Gasteiger partial charge in [0.2, 0.25) is 0 Å². The summed E-state index contributed by atoms with van der Waals surface area (Å²) in [7, 11) is 0. The van der Waals surface area contributed by atoms with Gasteiger partial charge in [-0.3, -0.25) is 0 Å². The Bertz CT molecular complexity index is 330. The molecular formula is C8H5BrF4. The Kier molecular flexibility index (Phi) is 2.66. The Labute approximate surface area is 80.7 Å². The van der Waals surface area contributed by atoms with Crippen molar-refractivity contribution in [2.45, 2.75) is 13.1 Å². The molecule has 0 bridgehead atoms. The molecule has 1 rings (SSSR count). The normalized spacial score (nSPS) is 11.8. The molecule has 0 aliphatic carbocycles. The Morgan fingerprint density at radius 2 is 1.77 bits per heavy atom. The van der Waals surface area contributed by atoms with Crippen molar-refractivity contribution in [2.24, 2.45) is 0 Å². The van der Waals surface area contributed by atoms with Gasteiger partial charge in [-0.25, -0.2) is 4.39 Å². The van der Waals surface area contributed by atoms with Crippen LogP contribution >= 0.6 is 15.9 Å². The molecule has 0 heterocycles. The molecular weight excluding hydrogens is 252 g/mol. The van der Waals surface area contributed by atoms with Gasteiger partial charge in [0.15, 0.2) is 0 Å². The van der Waals surface area contributed by atoms with Gasteiger partial charge in [-0.05, 0) is 40.5 Å². The molecule has 0 spiro atoms. The molecule has 0 atom stereocenters. The third kappa shape index (κ3) is 2.02. The zero-order valence-electron chi connectivity index (χ0n) is 6.54. The molecule has 5 heteroatoms. The van der Waals surface area contributed by atoms with E-state index >= 15 is 0 Å². The molecule has 0 saturated heterocycles. The van der Waals surface area contributed by atoms with Crippen molar-refractivity contribution in [3.63, 3.8) is 0 Å². The van der Waals surface area contributed by atoms with Gasteiger partial charge < -0.3 is 0 Å². The lowest BCUT2D eigenvalue weighted by molar-refractivity contribution is -0.138. The van der Waals surface area contributed by atoms with E-state index in [4.69, 9.17) is 0 Å². The fraction of sp³-hybridized carbons (Fsp3) is 0.250. The van der Waals surface area contributed by atoms with Gasteiger partial charge in [0.25, 0.3) is 0 Å². The van der Waals surface area contributed by atoms with Crippen LogP contribution in [0.15, 0.2) is 16.6 Å². The van der Waals surface area contributed by atoms with E-state index in [0.717, 1.165) is 6.07 Å². The van der Waals surface area contributed by atoms with E-state index in [9.17, 15) is 17.6 Å². The van der Waals surface area contributed by atoms with Gasteiger partial charge in [0, 0.05) is 4.47 Å². The van der Waals surface area contributed by atoms with Crippen molar-refractivity contribution in [1.82, 2.24) is 0 Å². The van der Waals surface area contributed by atoms with E-state index in [0.29, 0.717) is 6.07 Å². The predicted molar refractivity (Wildman–Crippen MR) is 43.8 cm³/mol. The smallest absolute Gasteiger partial charge is 0.207 e. The van der Waals surface area contributed by atoms with Crippen LogP contribution in [0.3, 0.4) is 0 Å². The number of benzene rings is 1. The Morgan fingerprint density at radius 1 is 1.23 bits per heavy atom. The van der Waals surface area contributed by atoms with E-state index in [1.165, 1.54) is 6.92 Å². The van der Waals surface area contributed by atoms with E-state index in [1.54, 1.807) is 0 Å². The molecule has 0 unspecified atom stereocenters. The third-order valence-electron chi connectivity index (χ3n) is 1.63. The Hall–Kier alpha value is -0.580. The Morgan fingerprint density at radius 3 is 2.23 bits per heavy atom. The van der Waals surface area contributed by atoms with E-state index in [-0.39, 0.29) is 10.0 Å². The zero-order valence-corrected chi connectivity index (χ0v) is 8.13. The second kappa shape index (κ2) is 3.29. The van der Waals surface area contributed by atoms with Gasteiger partial charge in [0.05, 0.1) is 5.56 Å². The van der Waals surface area contributed by atoms with Crippen LogP contribution in [-0.2, 0) is 6.18 Å². The second-order valence-corrected chi connectivity index (χ2v) is 3.32. The molecule has 0 radical (unpaired) electrons. The third-order valence-corrected chi connectivity index (χ3v) is 2.65. The second-order valence-electron chi connectivity index (χ2n) is 2.53. The van der Waals surface area contributed by atoms with Crippen LogP contribution < -0.4 is 0 Å². The van der Waals surface area contributed by atoms with Gasteiger partial charge >= 0.3 is 6.18 Å². The molecule has 0 N–H and O–H groups in total. The van der Waals surface area contributed by atoms with E-state index in [1.807, 2.05) is 0 Å². The largest absolute Gasteiger partial charge is 0.417 e. The molecule has 72 valence electrons. The molecule has 0 aliphatic rings. The number of hydrogen-bond donors (Lipinski definition) is 0. The van der Waals surface area contributed by atoms with Crippen LogP contribution in [0.25, 0.3) is 0 Å². The molecule has 0 fully saturated rings. The van der Waals surface area contributed by atoms with Gasteiger partial charge in [-0.2, -0.15) is 13.2 Å². The van der Waals surface area contributed by atoms with Crippen molar-refractivity contribution in [3.05, 3.63) is 33.5 Å². The van der Waals surface area contributed by atoms with Crippen LogP contribution in [0.2, 0.25) is 0 Å². The van der Waals surface area contributed by atoms with Crippen LogP contribution in [0.1, 0.15) is 11.1 Å². The minimum atomic E-state index is -4.45. The summed E-state index contributed by atoms with van der Waals surface area (Å²) >= 11 is 2.71. The van der Waals surface area contributed by atoms with Gasteiger partial charge in [0.1, 0.15) is 5.82 Å². The summed E-state index contributed by atoms with van der Waals surface area (Å²) in [6.07, 6.45) is -4.45. The number of hydrogen-bond acceptors (Lipinski definition) is 0. The molecule has 0 aliphatic heterocycles. The SMILES string of the molecule is Cc1c(F)ccc(C(F)(F)F)c1Br. The quantitative estimate of drug-likeness (QED) is 0.618. The topological polar surface area (TPSA) is 0 Å². The molecule has 0 aromatic heterocycles. The fourth-order valence-electron chi connectivity index (χ4n) is 0.880. The number of rotatable bonds is 0. The van der Waals surface area contributed by atoms with Crippen LogP contribution in [0.4, 0.5) is 17.6 Å². The maximum atomic E-state index is 12.8. The summed E-state index contributed by atoms with van der Waals surface area (Å²) in [6, 6.07) is 1.52. The molecule has 13 heavy (non-hydrogen) atoms. The summed E-state index contributed by atoms with van der Waals surface area (Å²) in [5.41, 5.74) is -0.888. The highest BCUT2D eigenvalue weighted by Crippen LogP contribution is 2.36. The maximum Gasteiger partial charge on any atom is 0.417 e. The first-order chi connectivity index (χ1) is 5.84. The van der Waals surface area contributed by atoms with Crippen molar-refractivity contribution in [3.8, 4) is 0 Å². The van der Waals surface area contributed by atoms with E-state index < -0.39 is 17.6 Å². The zero-order chi connectivity index (χ0) is 10.2. The predicted octanol–water partition coefficient (Wildman–Crippen LogP) is 3.92. The van der Waals surface area contributed by atoms with Crippen molar-refractivity contribution in [2.75, 3.05) is 0 Å². The molecule has 1 aromatic carbocycles. The maximum absolute atomic E-state index is 12.8. The van der Waals surface area contributed by atoms with Crippen molar-refractivity contribution < 1.29 is 17.6 Å². The average Bonchev–Trinajstić information content (AvgIpc) is 1.98. The summed E-state index contributed by atoms with van der Waals surface area (Å²) in [4.78, 5) is 0. The molecule has 0 nitrogen and oxygen atoms in total. The molecule has 0 saturated carbocycles. The lowest BCUT2D eigenvalue weighted by Crippen LogP contribution is -2.07. The fourth-order valence-corrected chi connectivity index (χ4v) is 1.43. The lowest BCUT2D eigenvalue weighted by Gasteiger charge is -2.10. The standard InChI is InChI=1S/C8H5BrF4/c1-4-6(10)3-2-5(7(4)9)8(11,12)13/h2-3H,1H3. The highest BCUT2D eigenvalue weighted by molar-refractivity contribution is 9.10. The molecule has 0 amide bonds. The number of alkyl halides is 3. The van der Waals surface area contributed by atoms with Crippen LogP contribution in [0, 0.1) is 12.7 Å². The summed E-state index contributed by atoms with van der Waals surface area (Å²) in [5.74, 6) is -0.653. The first-order valence-corrected chi connectivity index (χ1v) is 4.15. The average molecular weight is 257 g/mol. The highest BCUT2D eigenvalue weighted by Gasteiger charge is 2.33. The summed E-state index contributed by atoms with van der Waals surface area (Å²) < 4.78 is 49.1. The van der Waals surface area contributed by atoms with Crippen molar-refractivity contribution in [1.29, 1.82) is 0 Å². The lowest BCUT2D eigenvalue weighted by atomic mass is 10.1. The van der Waals surface area contributed by atoms with Gasteiger partial charge in [-0.15, -0.1) is 0 Å². The summed E-state index contributed by atoms with van der Waals surface area (Å²) in [5, 5.41) is 0. The van der Waals surface area contributed by atoms with Gasteiger partial charge in [-0.1, -0.05) is 0 Å². The minimum Gasteiger partial charge on any atom is -0.207 e. The number of halogens is 5. The minimum absolute atomic E-state index is 0.0326. The molecule has 1 aromatic rings. The van der Waals surface area contributed by atoms with Crippen molar-refractivity contribution >= 4 is 15.9 Å². The first kappa shape index (κ1) is 10.5. The first-order valence-electron chi connectivity index (χ1n) is 3.36. The highest BCUT2D eigenvalue weighted by atomic mass is 79.9. The summed E-state index contributed by atoms with van der Waals surface area (Å²) in [6.45, 7) is 1.29. The van der Waals surface area contributed by atoms with Crippen LogP contribution in [0.5, 0.6) is 0 Å². The monoisotopic (exact) mass is 256 g/mol.